The molecule has 0 aromatic heterocycles. The average Bonchev–Trinajstić information content (AvgIpc) is 1.70. The zero-order chi connectivity index (χ0) is 13.2. The van der Waals surface area contributed by atoms with Crippen LogP contribution in [-0.2, 0) is 14.0 Å². The quantitative estimate of drug-likeness (QED) is 0.706. The van der Waals surface area contributed by atoms with Gasteiger partial charge < -0.3 is 14.0 Å². The van der Waals surface area contributed by atoms with E-state index in [1.165, 1.54) is 0 Å². The number of hydrogen-bond acceptors (Lipinski definition) is 3. The smallest absolute Gasteiger partial charge is 0.381 e. The van der Waals surface area contributed by atoms with E-state index < -0.39 is 7.32 Å². The molecule has 0 amide bonds. The van der Waals surface area contributed by atoms with Gasteiger partial charge in [0.25, 0.3) is 0 Å². The van der Waals surface area contributed by atoms with Gasteiger partial charge in [-0.2, -0.15) is 0 Å². The summed E-state index contributed by atoms with van der Waals surface area (Å²) in [5.74, 6) is 0. The van der Waals surface area contributed by atoms with Crippen LogP contribution in [0, 0.1) is 0 Å². The van der Waals surface area contributed by atoms with Gasteiger partial charge in [0, 0.05) is 35.7 Å². The summed E-state index contributed by atoms with van der Waals surface area (Å²) in [6.07, 6.45) is 0. The second-order valence-corrected chi connectivity index (χ2v) is 6.98. The first-order valence-corrected chi connectivity index (χ1v) is 5.82. The summed E-state index contributed by atoms with van der Waals surface area (Å²) in [5, 5.41) is 0. The molecular formula is C12H27BLiO3. The number of rotatable bonds is 3. The Morgan fingerprint density at radius 3 is 0.824 bits per heavy atom. The zero-order valence-electron chi connectivity index (χ0n) is 13.3. The fourth-order valence-corrected chi connectivity index (χ4v) is 0.938. The first-order valence-electron chi connectivity index (χ1n) is 5.82. The van der Waals surface area contributed by atoms with E-state index >= 15 is 0 Å². The molecule has 5 heteroatoms. The van der Waals surface area contributed by atoms with Crippen LogP contribution in [0.25, 0.3) is 0 Å². The molecule has 0 saturated heterocycles. The topological polar surface area (TPSA) is 27.7 Å². The SMILES string of the molecule is CC(C)(C)OB(OC(C)(C)C)OC(C)(C)C.[Li]. The number of hydrogen-bond donors (Lipinski definition) is 0. The molecule has 0 aliphatic carbocycles. The Labute approximate surface area is 119 Å². The van der Waals surface area contributed by atoms with Gasteiger partial charge in [-0.05, 0) is 62.3 Å². The molecule has 1 radical (unpaired) electrons. The molecule has 0 atom stereocenters. The van der Waals surface area contributed by atoms with Crippen molar-refractivity contribution < 1.29 is 14.0 Å². The summed E-state index contributed by atoms with van der Waals surface area (Å²) in [5.41, 5.74) is -0.872. The van der Waals surface area contributed by atoms with Crippen molar-refractivity contribution in [3.63, 3.8) is 0 Å². The Bertz CT molecular complexity index is 175. The Kier molecular flexibility index (Phi) is 7.76. The zero-order valence-corrected chi connectivity index (χ0v) is 13.3. The van der Waals surface area contributed by atoms with E-state index in [0.29, 0.717) is 0 Å². The minimum Gasteiger partial charge on any atom is -0.381 e. The molecule has 0 fully saturated rings. The second-order valence-electron chi connectivity index (χ2n) is 6.98. The van der Waals surface area contributed by atoms with Crippen molar-refractivity contribution in [2.45, 2.75) is 79.1 Å². The van der Waals surface area contributed by atoms with Crippen LogP contribution in [0.5, 0.6) is 0 Å². The van der Waals surface area contributed by atoms with Gasteiger partial charge in [0.05, 0.1) is 0 Å². The third kappa shape index (κ3) is 14.5. The van der Waals surface area contributed by atoms with Crippen molar-refractivity contribution >= 4 is 26.2 Å². The minimum atomic E-state index is -0.639. The fraction of sp³-hybridized carbons (Fsp3) is 1.00. The van der Waals surface area contributed by atoms with Gasteiger partial charge in [0.15, 0.2) is 0 Å². The van der Waals surface area contributed by atoms with Gasteiger partial charge in [0.2, 0.25) is 0 Å². The van der Waals surface area contributed by atoms with Crippen LogP contribution in [0.3, 0.4) is 0 Å². The van der Waals surface area contributed by atoms with E-state index in [4.69, 9.17) is 14.0 Å². The molecule has 0 aliphatic heterocycles. The largest absolute Gasteiger partial charge is 0.640 e. The van der Waals surface area contributed by atoms with Crippen molar-refractivity contribution in [3.8, 4) is 0 Å². The first kappa shape index (κ1) is 19.9. The Morgan fingerprint density at radius 1 is 0.529 bits per heavy atom. The van der Waals surface area contributed by atoms with E-state index in [9.17, 15) is 0 Å². The standard InChI is InChI=1S/C12H27BO3.Li/c1-10(2,3)14-13(15-11(4,5)6)16-12(7,8)9;/h1-9H3;. The van der Waals surface area contributed by atoms with Crippen LogP contribution < -0.4 is 0 Å². The Morgan fingerprint density at radius 2 is 0.706 bits per heavy atom. The molecule has 0 aromatic rings. The summed E-state index contributed by atoms with van der Waals surface area (Å²) in [6.45, 7) is 17.9. The second kappa shape index (κ2) is 6.63. The van der Waals surface area contributed by atoms with Crippen molar-refractivity contribution in [2.24, 2.45) is 0 Å². The summed E-state index contributed by atoms with van der Waals surface area (Å²) >= 11 is 0. The molecule has 0 unspecified atom stereocenters. The fourth-order valence-electron chi connectivity index (χ4n) is 0.938. The van der Waals surface area contributed by atoms with E-state index in [1.807, 2.05) is 62.3 Å². The van der Waals surface area contributed by atoms with E-state index in [-0.39, 0.29) is 35.7 Å². The molecule has 0 aromatic carbocycles. The van der Waals surface area contributed by atoms with Gasteiger partial charge in [-0.3, -0.25) is 0 Å². The van der Waals surface area contributed by atoms with Gasteiger partial charge in [-0.1, -0.05) is 0 Å². The van der Waals surface area contributed by atoms with Crippen LogP contribution in [0.15, 0.2) is 0 Å². The predicted molar refractivity (Wildman–Crippen MR) is 74.0 cm³/mol. The molecule has 3 nitrogen and oxygen atoms in total. The molecule has 17 heavy (non-hydrogen) atoms. The third-order valence-electron chi connectivity index (χ3n) is 1.35. The summed E-state index contributed by atoms with van der Waals surface area (Å²) in [7, 11) is -0.639. The molecule has 0 N–H and O–H groups in total. The summed E-state index contributed by atoms with van der Waals surface area (Å²) in [6, 6.07) is 0. The summed E-state index contributed by atoms with van der Waals surface area (Å²) < 4.78 is 17.2. The van der Waals surface area contributed by atoms with Gasteiger partial charge >= 0.3 is 7.32 Å². The summed E-state index contributed by atoms with van der Waals surface area (Å²) in [4.78, 5) is 0. The first-order chi connectivity index (χ1) is 6.79. The normalized spacial score (nSPS) is 13.2. The van der Waals surface area contributed by atoms with Crippen LogP contribution >= 0.6 is 0 Å². The van der Waals surface area contributed by atoms with Gasteiger partial charge in [-0.15, -0.1) is 0 Å². The maximum absolute atomic E-state index is 5.75. The van der Waals surface area contributed by atoms with E-state index in [0.717, 1.165) is 0 Å². The van der Waals surface area contributed by atoms with E-state index in [2.05, 4.69) is 0 Å². The maximum atomic E-state index is 5.75. The van der Waals surface area contributed by atoms with Crippen LogP contribution in [0.2, 0.25) is 0 Å². The van der Waals surface area contributed by atoms with Crippen LogP contribution in [0.1, 0.15) is 62.3 Å². The predicted octanol–water partition coefficient (Wildman–Crippen LogP) is 3.04. The molecule has 0 heterocycles. The monoisotopic (exact) mass is 237 g/mol. The molecular weight excluding hydrogens is 210 g/mol. The minimum absolute atomic E-state index is 0. The van der Waals surface area contributed by atoms with Crippen LogP contribution in [-0.4, -0.2) is 43.0 Å². The molecule has 0 saturated carbocycles. The molecule has 0 aliphatic rings. The average molecular weight is 237 g/mol. The van der Waals surface area contributed by atoms with Crippen molar-refractivity contribution in [3.05, 3.63) is 0 Å². The van der Waals surface area contributed by atoms with Crippen LogP contribution in [0.4, 0.5) is 0 Å². The van der Waals surface area contributed by atoms with Gasteiger partial charge in [-0.25, -0.2) is 0 Å². The van der Waals surface area contributed by atoms with Crippen molar-refractivity contribution in [1.29, 1.82) is 0 Å². The van der Waals surface area contributed by atoms with E-state index in [1.54, 1.807) is 0 Å². The Hall–Kier alpha value is 0.542. The van der Waals surface area contributed by atoms with Gasteiger partial charge in [0.1, 0.15) is 0 Å². The van der Waals surface area contributed by atoms with Crippen molar-refractivity contribution in [2.75, 3.05) is 0 Å². The van der Waals surface area contributed by atoms with Crippen molar-refractivity contribution in [1.82, 2.24) is 0 Å². The molecule has 0 spiro atoms. The third-order valence-corrected chi connectivity index (χ3v) is 1.35. The molecule has 0 rings (SSSR count). The Balaban J connectivity index is 0. The molecule has 97 valence electrons. The molecule has 0 bridgehead atoms. The maximum Gasteiger partial charge on any atom is 0.640 e.